The fourth-order valence-corrected chi connectivity index (χ4v) is 5.54. The van der Waals surface area contributed by atoms with Crippen LogP contribution in [0.5, 0.6) is 0 Å². The number of nitrogens with one attached hydrogen (secondary N) is 4. The Labute approximate surface area is 261 Å². The zero-order chi connectivity index (χ0) is 32.8. The molecular weight excluding hydrogens is 614 g/mol. The van der Waals surface area contributed by atoms with Gasteiger partial charge in [0.05, 0.1) is 6.04 Å². The van der Waals surface area contributed by atoms with E-state index < -0.39 is 34.2 Å². The number of benzene rings is 2. The second-order valence-electron chi connectivity index (χ2n) is 10.8. The molecule has 6 N–H and O–H groups in total. The third-order valence-corrected chi connectivity index (χ3v) is 7.89. The third-order valence-electron chi connectivity index (χ3n) is 7.89. The van der Waals surface area contributed by atoms with E-state index in [1.54, 1.807) is 30.3 Å². The van der Waals surface area contributed by atoms with E-state index in [4.69, 9.17) is 10.3 Å². The molecule has 3 aromatic heterocycles. The first kappa shape index (κ1) is 29.1. The van der Waals surface area contributed by atoms with Gasteiger partial charge in [0.2, 0.25) is 0 Å². The molecule has 0 spiro atoms. The summed E-state index contributed by atoms with van der Waals surface area (Å²) in [5.74, 6) is -2.88. The normalized spacial score (nSPS) is 13.9. The average Bonchev–Trinajstić information content (AvgIpc) is 3.81. The number of nitrogens with zero attached hydrogens (tertiary/aromatic N) is 4. The van der Waals surface area contributed by atoms with Crippen LogP contribution in [0.4, 0.5) is 11.4 Å². The van der Waals surface area contributed by atoms with Crippen LogP contribution >= 0.6 is 0 Å². The molecule has 0 aliphatic heterocycles. The summed E-state index contributed by atoms with van der Waals surface area (Å²) in [6.07, 6.45) is 1.24. The molecule has 0 fully saturated rings. The predicted molar refractivity (Wildman–Crippen MR) is 163 cm³/mol. The van der Waals surface area contributed by atoms with Crippen LogP contribution in [0, 0.1) is 0 Å². The lowest BCUT2D eigenvalue weighted by molar-refractivity contribution is 0.0931. The van der Waals surface area contributed by atoms with Gasteiger partial charge in [0.25, 0.3) is 28.4 Å². The van der Waals surface area contributed by atoms with Crippen LogP contribution in [-0.4, -0.2) is 36.5 Å². The van der Waals surface area contributed by atoms with E-state index in [2.05, 4.69) is 40.8 Å². The minimum absolute atomic E-state index is 0.0450. The van der Waals surface area contributed by atoms with Gasteiger partial charge in [-0.1, -0.05) is 41.6 Å². The van der Waals surface area contributed by atoms with Crippen molar-refractivity contribution < 1.29 is 18.6 Å². The number of hydrogen-bond acceptors (Lipinski definition) is 13. The maximum atomic E-state index is 13.4. The van der Waals surface area contributed by atoms with Crippen LogP contribution in [0.1, 0.15) is 55.7 Å². The second-order valence-corrected chi connectivity index (χ2v) is 10.8. The molecule has 3 heterocycles. The van der Waals surface area contributed by atoms with Gasteiger partial charge in [-0.25, -0.2) is 19.0 Å². The number of hydrogen-bond donors (Lipinski definition) is 5. The van der Waals surface area contributed by atoms with Gasteiger partial charge >= 0.3 is 11.5 Å². The molecule has 0 radical (unpaired) electrons. The van der Waals surface area contributed by atoms with Crippen molar-refractivity contribution in [1.82, 2.24) is 35.3 Å². The molecule has 0 unspecified atom stereocenters. The summed E-state index contributed by atoms with van der Waals surface area (Å²) in [6, 6.07) is 13.3. The highest BCUT2D eigenvalue weighted by Gasteiger charge is 2.27. The molecule has 47 heavy (non-hydrogen) atoms. The molecule has 6 aromatic rings. The van der Waals surface area contributed by atoms with Gasteiger partial charge < -0.3 is 21.7 Å². The summed E-state index contributed by atoms with van der Waals surface area (Å²) in [5, 5.41) is 15.8. The number of amides is 2. The monoisotopic (exact) mass is 637 g/mol. The SMILES string of the molecule is Nc1c(NCc2cccc(CNC(=O)c3cc(C(=O)N[C@H]4CCc5cc(-c6noc(=O)[nH]6)ccc54)nc4noc(=O)n34)c2)c(=O)c1=O. The minimum atomic E-state index is -0.954. The number of fused-ring (bicyclic) bond motifs is 2. The first-order valence-electron chi connectivity index (χ1n) is 14.2. The maximum Gasteiger partial charge on any atom is 0.448 e. The number of aromatic nitrogens is 5. The predicted octanol–water partition coefficient (Wildman–Crippen LogP) is 0.163. The molecule has 236 valence electrons. The zero-order valence-electron chi connectivity index (χ0n) is 24.2. The maximum absolute atomic E-state index is 13.4. The van der Waals surface area contributed by atoms with Crippen molar-refractivity contribution in [3.8, 4) is 11.4 Å². The van der Waals surface area contributed by atoms with E-state index in [0.717, 1.165) is 21.1 Å². The highest BCUT2D eigenvalue weighted by molar-refractivity contribution is 5.98. The molecular formula is C30H23N9O8. The zero-order valence-corrected chi connectivity index (χ0v) is 24.2. The van der Waals surface area contributed by atoms with Gasteiger partial charge in [-0.15, -0.1) is 0 Å². The average molecular weight is 638 g/mol. The summed E-state index contributed by atoms with van der Waals surface area (Å²) in [7, 11) is 0. The van der Waals surface area contributed by atoms with Crippen molar-refractivity contribution in [1.29, 1.82) is 0 Å². The molecule has 0 saturated heterocycles. The number of anilines is 2. The third kappa shape index (κ3) is 5.34. The Morgan fingerprint density at radius 2 is 1.77 bits per heavy atom. The second kappa shape index (κ2) is 11.4. The van der Waals surface area contributed by atoms with Gasteiger partial charge in [0.15, 0.2) is 5.82 Å². The summed E-state index contributed by atoms with van der Waals surface area (Å²) in [5.41, 5.74) is 7.70. The molecule has 1 aliphatic carbocycles. The lowest BCUT2D eigenvalue weighted by Gasteiger charge is -2.15. The molecule has 1 atom stereocenters. The van der Waals surface area contributed by atoms with Gasteiger partial charge in [0.1, 0.15) is 22.8 Å². The lowest BCUT2D eigenvalue weighted by Crippen LogP contribution is -2.36. The molecule has 2 amide bonds. The Morgan fingerprint density at radius 3 is 2.53 bits per heavy atom. The van der Waals surface area contributed by atoms with Crippen molar-refractivity contribution in [2.24, 2.45) is 0 Å². The van der Waals surface area contributed by atoms with Crippen LogP contribution in [-0.2, 0) is 19.5 Å². The highest BCUT2D eigenvalue weighted by Crippen LogP contribution is 2.33. The van der Waals surface area contributed by atoms with Gasteiger partial charge in [-0.2, -0.15) is 0 Å². The Balaban J connectivity index is 1.06. The minimum Gasteiger partial charge on any atom is -0.394 e. The molecule has 17 nitrogen and oxygen atoms in total. The Hall–Kier alpha value is -6.65. The van der Waals surface area contributed by atoms with E-state index in [-0.39, 0.29) is 47.7 Å². The topological polar surface area (TPSA) is 250 Å². The van der Waals surface area contributed by atoms with Gasteiger partial charge in [-0.05, 0) is 52.4 Å². The first-order chi connectivity index (χ1) is 22.7. The standard InChI is InChI=1S/C30H23N9O8/c31-21-22(24(41)23(21)40)32-11-13-2-1-3-14(8-13)12-33-27(43)20-10-19(35-28-38-47-30(45)39(20)28)26(42)34-18-7-5-15-9-16(4-6-17(15)18)25-36-29(44)46-37-25/h1-4,6,8-10,18,32H,5,7,11-12,31H2,(H,33,43)(H,34,42)(H,36,37,44)/t18-/m0/s1. The fourth-order valence-electron chi connectivity index (χ4n) is 5.54. The summed E-state index contributed by atoms with van der Waals surface area (Å²) < 4.78 is 10.2. The quantitative estimate of drug-likeness (QED) is 0.133. The molecule has 0 bridgehead atoms. The molecule has 1 aliphatic rings. The van der Waals surface area contributed by atoms with Gasteiger partial charge in [-0.3, -0.25) is 33.2 Å². The Bertz CT molecular complexity index is 2410. The number of carbonyl (C=O) groups is 2. The number of aromatic amines is 1. The molecule has 0 saturated carbocycles. The van der Waals surface area contributed by atoms with Crippen LogP contribution < -0.4 is 44.1 Å². The number of rotatable bonds is 9. The summed E-state index contributed by atoms with van der Waals surface area (Å²) in [6.45, 7) is 0.259. The number of carbonyl (C=O) groups excluding carboxylic acids is 2. The van der Waals surface area contributed by atoms with Crippen molar-refractivity contribution in [3.05, 3.63) is 124 Å². The van der Waals surface area contributed by atoms with Crippen molar-refractivity contribution in [2.45, 2.75) is 32.0 Å². The molecule has 17 heteroatoms. The number of aryl methyl sites for hydroxylation is 1. The lowest BCUT2D eigenvalue weighted by atomic mass is 10.0. The van der Waals surface area contributed by atoms with E-state index in [0.29, 0.717) is 29.8 Å². The molecule has 3 aromatic carbocycles. The highest BCUT2D eigenvalue weighted by atomic mass is 16.5. The van der Waals surface area contributed by atoms with Crippen LogP contribution in [0.25, 0.3) is 17.2 Å². The number of H-pyrrole nitrogens is 1. The van der Waals surface area contributed by atoms with Crippen molar-refractivity contribution in [3.63, 3.8) is 0 Å². The Morgan fingerprint density at radius 1 is 0.957 bits per heavy atom. The van der Waals surface area contributed by atoms with E-state index >= 15 is 0 Å². The molecule has 7 rings (SSSR count). The van der Waals surface area contributed by atoms with Crippen LogP contribution in [0.3, 0.4) is 0 Å². The van der Waals surface area contributed by atoms with Gasteiger partial charge in [0, 0.05) is 18.7 Å². The van der Waals surface area contributed by atoms with E-state index in [1.165, 1.54) is 6.07 Å². The smallest absolute Gasteiger partial charge is 0.394 e. The van der Waals surface area contributed by atoms with Crippen LogP contribution in [0.2, 0.25) is 0 Å². The summed E-state index contributed by atoms with van der Waals surface area (Å²) in [4.78, 5) is 80.1. The largest absolute Gasteiger partial charge is 0.448 e. The van der Waals surface area contributed by atoms with Crippen molar-refractivity contribution in [2.75, 3.05) is 11.1 Å². The van der Waals surface area contributed by atoms with Crippen LogP contribution in [0.15, 0.2) is 76.8 Å². The number of nitrogens with two attached hydrogens (primary N) is 1. The van der Waals surface area contributed by atoms with Crippen molar-refractivity contribution >= 4 is 29.0 Å². The number of nitrogen functional groups attached to an aromatic ring is 1. The van der Waals surface area contributed by atoms with E-state index in [1.807, 2.05) is 12.1 Å². The fraction of sp³-hybridized carbons (Fsp3) is 0.167. The Kier molecular flexibility index (Phi) is 7.03. The summed E-state index contributed by atoms with van der Waals surface area (Å²) >= 11 is 0. The van der Waals surface area contributed by atoms with E-state index in [9.17, 15) is 28.8 Å². The first-order valence-corrected chi connectivity index (χ1v) is 14.2.